The fourth-order valence-electron chi connectivity index (χ4n) is 2.87. The van der Waals surface area contributed by atoms with Crippen LogP contribution in [0.3, 0.4) is 0 Å². The number of hydrogen-bond donors (Lipinski definition) is 2. The number of aliphatic carboxylic acids is 1. The maximum atomic E-state index is 12.8. The number of nitrogens with zero attached hydrogens (tertiary/aromatic N) is 1. The molecule has 6 nitrogen and oxygen atoms in total. The molecule has 0 spiro atoms. The van der Waals surface area contributed by atoms with Crippen LogP contribution in [0.4, 0.5) is 5.69 Å². The first-order valence-electron chi connectivity index (χ1n) is 8.02. The van der Waals surface area contributed by atoms with Crippen molar-refractivity contribution in [1.82, 2.24) is 4.90 Å². The number of likely N-dealkylation sites (tertiary alicyclic amines) is 1. The van der Waals surface area contributed by atoms with Crippen molar-refractivity contribution in [3.63, 3.8) is 0 Å². The lowest BCUT2D eigenvalue weighted by atomic mass is 9.96. The minimum atomic E-state index is -0.810. The van der Waals surface area contributed by atoms with E-state index in [4.69, 9.17) is 5.11 Å². The molecule has 0 radical (unpaired) electrons. The molecule has 0 unspecified atom stereocenters. The number of amides is 2. The number of anilines is 1. The summed E-state index contributed by atoms with van der Waals surface area (Å²) in [4.78, 5) is 38.3. The number of rotatable bonds is 4. The highest BCUT2D eigenvalue weighted by Crippen LogP contribution is 2.23. The number of carboxylic acid groups (broad SMARTS) is 1. The average molecular weight is 358 g/mol. The Kier molecular flexibility index (Phi) is 5.14. The van der Waals surface area contributed by atoms with E-state index >= 15 is 0 Å². The molecule has 1 aromatic carbocycles. The van der Waals surface area contributed by atoms with Gasteiger partial charge >= 0.3 is 5.97 Å². The van der Waals surface area contributed by atoms with Gasteiger partial charge in [-0.15, -0.1) is 11.3 Å². The predicted molar refractivity (Wildman–Crippen MR) is 95.0 cm³/mol. The number of piperidine rings is 1. The molecule has 2 amide bonds. The van der Waals surface area contributed by atoms with Crippen LogP contribution in [0.2, 0.25) is 0 Å². The van der Waals surface area contributed by atoms with Crippen LogP contribution in [0.25, 0.3) is 0 Å². The highest BCUT2D eigenvalue weighted by Gasteiger charge is 2.28. The normalized spacial score (nSPS) is 15.0. The van der Waals surface area contributed by atoms with Gasteiger partial charge in [0, 0.05) is 13.1 Å². The summed E-state index contributed by atoms with van der Waals surface area (Å²) < 4.78 is 0. The maximum Gasteiger partial charge on any atom is 0.306 e. The number of benzene rings is 1. The standard InChI is InChI=1S/C18H18N2O4S/c21-16(15-6-3-11-25-15)19-14-5-2-1-4-13(14)17(22)20-9-7-12(8-10-20)18(23)24/h1-6,11-12H,7-10H2,(H,19,21)(H,23,24). The van der Waals surface area contributed by atoms with E-state index in [9.17, 15) is 14.4 Å². The number of nitrogens with one attached hydrogen (secondary N) is 1. The van der Waals surface area contributed by atoms with Gasteiger partial charge in [-0.25, -0.2) is 0 Å². The molecular formula is C18H18N2O4S. The van der Waals surface area contributed by atoms with Crippen molar-refractivity contribution in [2.45, 2.75) is 12.8 Å². The molecule has 0 saturated carbocycles. The molecular weight excluding hydrogens is 340 g/mol. The summed E-state index contributed by atoms with van der Waals surface area (Å²) in [6.07, 6.45) is 0.898. The lowest BCUT2D eigenvalue weighted by molar-refractivity contribution is -0.143. The smallest absolute Gasteiger partial charge is 0.306 e. The molecule has 1 saturated heterocycles. The van der Waals surface area contributed by atoms with Gasteiger partial charge in [0.05, 0.1) is 22.0 Å². The third-order valence-corrected chi connectivity index (χ3v) is 5.15. The number of thiophene rings is 1. The highest BCUT2D eigenvalue weighted by molar-refractivity contribution is 7.12. The summed E-state index contributed by atoms with van der Waals surface area (Å²) in [5.74, 6) is -1.64. The van der Waals surface area contributed by atoms with Crippen LogP contribution >= 0.6 is 11.3 Å². The number of hydrogen-bond acceptors (Lipinski definition) is 4. The van der Waals surface area contributed by atoms with E-state index in [-0.39, 0.29) is 11.8 Å². The third kappa shape index (κ3) is 3.88. The van der Waals surface area contributed by atoms with Crippen molar-refractivity contribution in [2.24, 2.45) is 5.92 Å². The minimum absolute atomic E-state index is 0.189. The Balaban J connectivity index is 1.73. The third-order valence-electron chi connectivity index (χ3n) is 4.28. The predicted octanol–water partition coefficient (Wildman–Crippen LogP) is 2.94. The van der Waals surface area contributed by atoms with E-state index in [1.54, 1.807) is 41.3 Å². The van der Waals surface area contributed by atoms with Crippen LogP contribution in [0, 0.1) is 5.92 Å². The molecule has 2 N–H and O–H groups in total. The monoisotopic (exact) mass is 358 g/mol. The van der Waals surface area contributed by atoms with E-state index in [2.05, 4.69) is 5.32 Å². The van der Waals surface area contributed by atoms with Crippen LogP contribution in [-0.2, 0) is 4.79 Å². The molecule has 1 fully saturated rings. The number of carboxylic acids is 1. The maximum absolute atomic E-state index is 12.8. The molecule has 3 rings (SSSR count). The van der Waals surface area contributed by atoms with E-state index in [1.165, 1.54) is 11.3 Å². The molecule has 2 heterocycles. The summed E-state index contributed by atoms with van der Waals surface area (Å²) in [5.41, 5.74) is 0.882. The average Bonchev–Trinajstić information content (AvgIpc) is 3.16. The number of para-hydroxylation sites is 1. The van der Waals surface area contributed by atoms with Crippen molar-refractivity contribution in [1.29, 1.82) is 0 Å². The lowest BCUT2D eigenvalue weighted by Crippen LogP contribution is -2.40. The van der Waals surface area contributed by atoms with E-state index in [0.717, 1.165) is 0 Å². The fraction of sp³-hybridized carbons (Fsp3) is 0.278. The van der Waals surface area contributed by atoms with Gasteiger partial charge in [-0.2, -0.15) is 0 Å². The Morgan fingerprint density at radius 2 is 1.80 bits per heavy atom. The first-order valence-corrected chi connectivity index (χ1v) is 8.90. The summed E-state index contributed by atoms with van der Waals surface area (Å²) in [6.45, 7) is 0.812. The van der Waals surface area contributed by atoms with E-state index in [0.29, 0.717) is 42.1 Å². The van der Waals surface area contributed by atoms with Gasteiger partial charge < -0.3 is 15.3 Å². The van der Waals surface area contributed by atoms with Gasteiger partial charge in [-0.05, 0) is 36.4 Å². The molecule has 25 heavy (non-hydrogen) atoms. The van der Waals surface area contributed by atoms with Crippen LogP contribution in [0.5, 0.6) is 0 Å². The lowest BCUT2D eigenvalue weighted by Gasteiger charge is -2.30. The van der Waals surface area contributed by atoms with E-state index < -0.39 is 11.9 Å². The second kappa shape index (κ2) is 7.48. The molecule has 0 atom stereocenters. The van der Waals surface area contributed by atoms with Crippen LogP contribution in [0.1, 0.15) is 32.9 Å². The molecule has 1 aromatic heterocycles. The van der Waals surface area contributed by atoms with Crippen LogP contribution in [0.15, 0.2) is 41.8 Å². The Bertz CT molecular complexity index is 780. The molecule has 7 heteroatoms. The first kappa shape index (κ1) is 17.2. The summed E-state index contributed by atoms with van der Waals surface area (Å²) >= 11 is 1.33. The van der Waals surface area contributed by atoms with Crippen molar-refractivity contribution in [3.05, 3.63) is 52.2 Å². The highest BCUT2D eigenvalue weighted by atomic mass is 32.1. The van der Waals surface area contributed by atoms with Crippen molar-refractivity contribution < 1.29 is 19.5 Å². The van der Waals surface area contributed by atoms with Crippen molar-refractivity contribution in [3.8, 4) is 0 Å². The van der Waals surface area contributed by atoms with Crippen LogP contribution < -0.4 is 5.32 Å². The number of carbonyl (C=O) groups is 3. The summed E-state index contributed by atoms with van der Waals surface area (Å²) in [6, 6.07) is 10.4. The zero-order valence-electron chi connectivity index (χ0n) is 13.5. The molecule has 1 aliphatic heterocycles. The Labute approximate surface area is 149 Å². The summed E-state index contributed by atoms with van der Waals surface area (Å²) in [7, 11) is 0. The van der Waals surface area contributed by atoms with Gasteiger partial charge in [0.2, 0.25) is 0 Å². The molecule has 0 aliphatic carbocycles. The first-order chi connectivity index (χ1) is 12.1. The van der Waals surface area contributed by atoms with E-state index in [1.807, 2.05) is 5.38 Å². The molecule has 2 aromatic rings. The Morgan fingerprint density at radius 1 is 1.08 bits per heavy atom. The van der Waals surface area contributed by atoms with Crippen molar-refractivity contribution in [2.75, 3.05) is 18.4 Å². The van der Waals surface area contributed by atoms with Gasteiger partial charge in [-0.3, -0.25) is 14.4 Å². The quantitative estimate of drug-likeness (QED) is 0.880. The Morgan fingerprint density at radius 3 is 2.44 bits per heavy atom. The second-order valence-electron chi connectivity index (χ2n) is 5.88. The molecule has 1 aliphatic rings. The van der Waals surface area contributed by atoms with Gasteiger partial charge in [0.25, 0.3) is 11.8 Å². The largest absolute Gasteiger partial charge is 0.481 e. The van der Waals surface area contributed by atoms with Gasteiger partial charge in [-0.1, -0.05) is 18.2 Å². The SMILES string of the molecule is O=C(Nc1ccccc1C(=O)N1CCC(C(=O)O)CC1)c1cccs1. The fourth-order valence-corrected chi connectivity index (χ4v) is 3.49. The second-order valence-corrected chi connectivity index (χ2v) is 6.83. The molecule has 130 valence electrons. The van der Waals surface area contributed by atoms with Gasteiger partial charge in [0.15, 0.2) is 0 Å². The number of carbonyl (C=O) groups excluding carboxylic acids is 2. The zero-order valence-corrected chi connectivity index (χ0v) is 14.3. The molecule has 0 bridgehead atoms. The Hall–Kier alpha value is -2.67. The van der Waals surface area contributed by atoms with Crippen LogP contribution in [-0.4, -0.2) is 40.9 Å². The van der Waals surface area contributed by atoms with Gasteiger partial charge in [0.1, 0.15) is 0 Å². The zero-order chi connectivity index (χ0) is 17.8. The topological polar surface area (TPSA) is 86.7 Å². The van der Waals surface area contributed by atoms with Crippen molar-refractivity contribution >= 4 is 34.8 Å². The summed E-state index contributed by atoms with van der Waals surface area (Å²) in [5, 5.41) is 13.7. The minimum Gasteiger partial charge on any atom is -0.481 e.